The van der Waals surface area contributed by atoms with Gasteiger partial charge in [-0.3, -0.25) is 0 Å². The number of nitrogens with two attached hydrogens (primary N) is 1. The number of nitrogens with one attached hydrogen (secondary N) is 1. The summed E-state index contributed by atoms with van der Waals surface area (Å²) in [5.74, 6) is 0. The first-order valence-electron chi connectivity index (χ1n) is 5.44. The van der Waals surface area contributed by atoms with Crippen molar-refractivity contribution in [2.45, 2.75) is 38.3 Å². The maximum absolute atomic E-state index is 5.68. The molecule has 0 saturated heterocycles. The highest BCUT2D eigenvalue weighted by molar-refractivity contribution is 5.51. The number of hydrogen-bond acceptors (Lipinski definition) is 2. The Labute approximate surface area is 85.5 Å². The maximum atomic E-state index is 5.68. The van der Waals surface area contributed by atoms with Crippen LogP contribution in [0, 0.1) is 0 Å². The number of para-hydroxylation sites is 1. The van der Waals surface area contributed by atoms with Gasteiger partial charge in [-0.2, -0.15) is 0 Å². The van der Waals surface area contributed by atoms with Gasteiger partial charge >= 0.3 is 0 Å². The van der Waals surface area contributed by atoms with Crippen LogP contribution in [-0.4, -0.2) is 6.04 Å². The molecule has 1 saturated carbocycles. The number of hydrogen-bond donors (Lipinski definition) is 2. The summed E-state index contributed by atoms with van der Waals surface area (Å²) in [7, 11) is 0. The molecule has 0 radical (unpaired) electrons. The van der Waals surface area contributed by atoms with Gasteiger partial charge in [0.15, 0.2) is 0 Å². The zero-order valence-electron chi connectivity index (χ0n) is 8.50. The molecule has 2 nitrogen and oxygen atoms in total. The Bertz CT molecular complexity index is 290. The van der Waals surface area contributed by atoms with Gasteiger partial charge in [0.1, 0.15) is 0 Å². The molecule has 1 fully saturated rings. The zero-order chi connectivity index (χ0) is 9.80. The van der Waals surface area contributed by atoms with Gasteiger partial charge in [0.25, 0.3) is 0 Å². The third-order valence-corrected chi connectivity index (χ3v) is 2.95. The van der Waals surface area contributed by atoms with Crippen LogP contribution >= 0.6 is 0 Å². The summed E-state index contributed by atoms with van der Waals surface area (Å²) in [5, 5.41) is 3.58. The van der Waals surface area contributed by atoms with E-state index in [1.54, 1.807) is 0 Å². The highest BCUT2D eigenvalue weighted by atomic mass is 14.9. The van der Waals surface area contributed by atoms with Gasteiger partial charge in [0.05, 0.1) is 0 Å². The molecule has 3 N–H and O–H groups in total. The van der Waals surface area contributed by atoms with Gasteiger partial charge in [-0.1, -0.05) is 31.0 Å². The Morgan fingerprint density at radius 2 is 1.93 bits per heavy atom. The van der Waals surface area contributed by atoms with E-state index in [2.05, 4.69) is 23.5 Å². The summed E-state index contributed by atoms with van der Waals surface area (Å²) in [6.45, 7) is 0.621. The van der Waals surface area contributed by atoms with E-state index in [9.17, 15) is 0 Å². The lowest BCUT2D eigenvalue weighted by Gasteiger charge is -2.16. The Morgan fingerprint density at radius 3 is 2.64 bits per heavy atom. The lowest BCUT2D eigenvalue weighted by molar-refractivity contribution is 0.753. The van der Waals surface area contributed by atoms with Crippen LogP contribution in [0.4, 0.5) is 5.69 Å². The molecular formula is C12H18N2. The van der Waals surface area contributed by atoms with Gasteiger partial charge < -0.3 is 11.1 Å². The fourth-order valence-electron chi connectivity index (χ4n) is 2.13. The monoisotopic (exact) mass is 190 g/mol. The van der Waals surface area contributed by atoms with E-state index in [0.29, 0.717) is 12.6 Å². The second kappa shape index (κ2) is 4.47. The highest BCUT2D eigenvalue weighted by Crippen LogP contribution is 2.23. The molecule has 0 atom stereocenters. The number of rotatable bonds is 3. The Balaban J connectivity index is 2.07. The molecule has 1 aliphatic rings. The summed E-state index contributed by atoms with van der Waals surface area (Å²) < 4.78 is 0. The van der Waals surface area contributed by atoms with Crippen LogP contribution in [-0.2, 0) is 6.54 Å². The van der Waals surface area contributed by atoms with Crippen molar-refractivity contribution in [1.29, 1.82) is 0 Å². The predicted molar refractivity (Wildman–Crippen MR) is 60.2 cm³/mol. The molecule has 0 bridgehead atoms. The van der Waals surface area contributed by atoms with E-state index in [1.807, 2.05) is 6.07 Å². The fraction of sp³-hybridized carbons (Fsp3) is 0.500. The standard InChI is InChI=1S/C12H18N2/c13-9-10-5-1-4-8-12(10)14-11-6-2-3-7-11/h1,4-5,8,11,14H,2-3,6-7,9,13H2. The summed E-state index contributed by atoms with van der Waals surface area (Å²) in [6, 6.07) is 9.00. The van der Waals surface area contributed by atoms with Crippen LogP contribution in [0.3, 0.4) is 0 Å². The van der Waals surface area contributed by atoms with Crippen molar-refractivity contribution in [2.24, 2.45) is 5.73 Å². The first-order valence-corrected chi connectivity index (χ1v) is 5.44. The minimum atomic E-state index is 0.621. The van der Waals surface area contributed by atoms with Crippen LogP contribution in [0.5, 0.6) is 0 Å². The minimum Gasteiger partial charge on any atom is -0.382 e. The van der Waals surface area contributed by atoms with E-state index in [4.69, 9.17) is 5.73 Å². The van der Waals surface area contributed by atoms with Gasteiger partial charge in [0.2, 0.25) is 0 Å². The average molecular weight is 190 g/mol. The lowest BCUT2D eigenvalue weighted by Crippen LogP contribution is -2.16. The fourth-order valence-corrected chi connectivity index (χ4v) is 2.13. The molecule has 76 valence electrons. The van der Waals surface area contributed by atoms with Crippen LogP contribution < -0.4 is 11.1 Å². The van der Waals surface area contributed by atoms with E-state index in [-0.39, 0.29) is 0 Å². The summed E-state index contributed by atoms with van der Waals surface area (Å²) in [6.07, 6.45) is 5.34. The van der Waals surface area contributed by atoms with Gasteiger partial charge in [-0.25, -0.2) is 0 Å². The molecule has 0 unspecified atom stereocenters. The molecule has 0 amide bonds. The molecule has 0 aliphatic heterocycles. The van der Waals surface area contributed by atoms with Crippen molar-refractivity contribution in [3.8, 4) is 0 Å². The SMILES string of the molecule is NCc1ccccc1NC1CCCC1. The van der Waals surface area contributed by atoms with Gasteiger partial charge in [-0.15, -0.1) is 0 Å². The minimum absolute atomic E-state index is 0.621. The molecule has 0 aromatic heterocycles. The van der Waals surface area contributed by atoms with E-state index in [1.165, 1.54) is 36.9 Å². The Kier molecular flexibility index (Phi) is 3.04. The third-order valence-electron chi connectivity index (χ3n) is 2.95. The first kappa shape index (κ1) is 9.53. The van der Waals surface area contributed by atoms with Gasteiger partial charge in [-0.05, 0) is 24.5 Å². The van der Waals surface area contributed by atoms with Crippen molar-refractivity contribution in [3.63, 3.8) is 0 Å². The van der Waals surface area contributed by atoms with Crippen molar-refractivity contribution < 1.29 is 0 Å². The molecule has 2 rings (SSSR count). The number of anilines is 1. The van der Waals surface area contributed by atoms with Gasteiger partial charge in [0, 0.05) is 18.3 Å². The topological polar surface area (TPSA) is 38.0 Å². The van der Waals surface area contributed by atoms with Crippen LogP contribution in [0.1, 0.15) is 31.2 Å². The van der Waals surface area contributed by atoms with Crippen LogP contribution in [0.25, 0.3) is 0 Å². The molecule has 1 aromatic carbocycles. The smallest absolute Gasteiger partial charge is 0.0387 e. The molecule has 0 heterocycles. The second-order valence-corrected chi connectivity index (χ2v) is 3.99. The zero-order valence-corrected chi connectivity index (χ0v) is 8.50. The average Bonchev–Trinajstić information content (AvgIpc) is 2.71. The molecule has 1 aromatic rings. The van der Waals surface area contributed by atoms with E-state index >= 15 is 0 Å². The maximum Gasteiger partial charge on any atom is 0.0387 e. The molecule has 14 heavy (non-hydrogen) atoms. The lowest BCUT2D eigenvalue weighted by atomic mass is 10.1. The predicted octanol–water partition coefficient (Wildman–Crippen LogP) is 2.50. The van der Waals surface area contributed by atoms with Crippen LogP contribution in [0.2, 0.25) is 0 Å². The molecule has 0 spiro atoms. The van der Waals surface area contributed by atoms with Crippen molar-refractivity contribution in [1.82, 2.24) is 0 Å². The molecule has 1 aliphatic carbocycles. The van der Waals surface area contributed by atoms with Crippen LogP contribution in [0.15, 0.2) is 24.3 Å². The first-order chi connectivity index (χ1) is 6.90. The third kappa shape index (κ3) is 2.07. The second-order valence-electron chi connectivity index (χ2n) is 3.99. The van der Waals surface area contributed by atoms with E-state index < -0.39 is 0 Å². The normalized spacial score (nSPS) is 17.2. The largest absolute Gasteiger partial charge is 0.382 e. The van der Waals surface area contributed by atoms with Crippen molar-refractivity contribution in [2.75, 3.05) is 5.32 Å². The van der Waals surface area contributed by atoms with Crippen molar-refractivity contribution >= 4 is 5.69 Å². The Hall–Kier alpha value is -1.02. The van der Waals surface area contributed by atoms with Crippen molar-refractivity contribution in [3.05, 3.63) is 29.8 Å². The molecule has 2 heteroatoms. The molecular weight excluding hydrogens is 172 g/mol. The van der Waals surface area contributed by atoms with E-state index in [0.717, 1.165) is 0 Å². The quantitative estimate of drug-likeness (QED) is 0.768. The number of benzene rings is 1. The summed E-state index contributed by atoms with van der Waals surface area (Å²) >= 11 is 0. The summed E-state index contributed by atoms with van der Waals surface area (Å²) in [4.78, 5) is 0. The Morgan fingerprint density at radius 1 is 1.21 bits per heavy atom. The highest BCUT2D eigenvalue weighted by Gasteiger charge is 2.14. The summed E-state index contributed by atoms with van der Waals surface area (Å²) in [5.41, 5.74) is 8.13.